The first kappa shape index (κ1) is 21.9. The molecule has 4 rings (SSSR count). The van der Waals surface area contributed by atoms with Crippen molar-refractivity contribution >= 4 is 28.9 Å². The van der Waals surface area contributed by atoms with Crippen molar-refractivity contribution in [2.75, 3.05) is 5.75 Å². The van der Waals surface area contributed by atoms with Crippen molar-refractivity contribution in [2.24, 2.45) is 0 Å². The molecule has 1 atom stereocenters. The minimum Gasteiger partial charge on any atom is -0.314 e. The number of Topliss-reactive ketones (excluding diaryl/α,β-unsaturated/α-hetero) is 1. The Labute approximate surface area is 193 Å². The fourth-order valence-corrected chi connectivity index (χ4v) is 4.98. The van der Waals surface area contributed by atoms with Crippen molar-refractivity contribution in [3.8, 4) is 17.3 Å². The molecule has 0 aliphatic carbocycles. The van der Waals surface area contributed by atoms with Gasteiger partial charge in [0.1, 0.15) is 10.8 Å². The zero-order valence-corrected chi connectivity index (χ0v) is 18.9. The standard InChI is InChI=1S/C24H19FN4OS2/c1-16-14-31-23(28-16)20(11-26)22(30)15-32-24-27-12-21(18-7-9-19(25)10-8-18)29(24)13-17-5-3-2-4-6-17/h2-10,12,14,20H,13,15H2,1H3/t20-/m1/s1. The summed E-state index contributed by atoms with van der Waals surface area (Å²) >= 11 is 2.62. The molecule has 0 saturated carbocycles. The summed E-state index contributed by atoms with van der Waals surface area (Å²) < 4.78 is 15.4. The maximum Gasteiger partial charge on any atom is 0.169 e. The number of imidazole rings is 1. The molecule has 8 heteroatoms. The molecule has 0 spiro atoms. The molecule has 160 valence electrons. The smallest absolute Gasteiger partial charge is 0.169 e. The number of hydrogen-bond acceptors (Lipinski definition) is 6. The number of thioether (sulfide) groups is 1. The predicted molar refractivity (Wildman–Crippen MR) is 124 cm³/mol. The normalized spacial score (nSPS) is 11.8. The molecule has 0 aliphatic rings. The number of aryl methyl sites for hydroxylation is 1. The minimum atomic E-state index is -0.879. The van der Waals surface area contributed by atoms with Crippen molar-refractivity contribution in [1.29, 1.82) is 5.26 Å². The molecule has 32 heavy (non-hydrogen) atoms. The summed E-state index contributed by atoms with van der Waals surface area (Å²) in [6.45, 7) is 2.39. The first-order valence-electron chi connectivity index (χ1n) is 9.87. The van der Waals surface area contributed by atoms with Crippen LogP contribution in [0.2, 0.25) is 0 Å². The Morgan fingerprint density at radius 3 is 2.62 bits per heavy atom. The van der Waals surface area contributed by atoms with Gasteiger partial charge in [-0.1, -0.05) is 42.1 Å². The summed E-state index contributed by atoms with van der Waals surface area (Å²) in [5.41, 5.74) is 3.54. The number of ketones is 1. The van der Waals surface area contributed by atoms with Crippen molar-refractivity contribution in [1.82, 2.24) is 14.5 Å². The van der Waals surface area contributed by atoms with E-state index in [4.69, 9.17) is 0 Å². The van der Waals surface area contributed by atoms with E-state index in [1.807, 2.05) is 47.2 Å². The molecule has 4 aromatic rings. The number of benzene rings is 2. The Morgan fingerprint density at radius 1 is 1.22 bits per heavy atom. The number of carbonyl (C=O) groups excluding carboxylic acids is 1. The second-order valence-corrected chi connectivity index (χ2v) is 8.98. The van der Waals surface area contributed by atoms with Crippen LogP contribution in [0.25, 0.3) is 11.3 Å². The fourth-order valence-electron chi connectivity index (χ4n) is 3.23. The second kappa shape index (κ2) is 9.90. The monoisotopic (exact) mass is 462 g/mol. The first-order chi connectivity index (χ1) is 15.5. The highest BCUT2D eigenvalue weighted by atomic mass is 32.2. The number of rotatable bonds is 8. The van der Waals surface area contributed by atoms with Crippen LogP contribution in [-0.2, 0) is 11.3 Å². The van der Waals surface area contributed by atoms with Gasteiger partial charge >= 0.3 is 0 Å². The van der Waals surface area contributed by atoms with Gasteiger partial charge in [-0.2, -0.15) is 5.26 Å². The summed E-state index contributed by atoms with van der Waals surface area (Å²) in [5, 5.41) is 12.5. The summed E-state index contributed by atoms with van der Waals surface area (Å²) in [6, 6.07) is 18.3. The van der Waals surface area contributed by atoms with E-state index in [1.54, 1.807) is 18.3 Å². The van der Waals surface area contributed by atoms with Crippen LogP contribution < -0.4 is 0 Å². The molecule has 5 nitrogen and oxygen atoms in total. The van der Waals surface area contributed by atoms with Gasteiger partial charge in [-0.25, -0.2) is 14.4 Å². The lowest BCUT2D eigenvalue weighted by Gasteiger charge is -2.12. The van der Waals surface area contributed by atoms with Crippen LogP contribution in [0.1, 0.15) is 22.2 Å². The van der Waals surface area contributed by atoms with E-state index in [0.29, 0.717) is 16.7 Å². The van der Waals surface area contributed by atoms with Crippen molar-refractivity contribution in [3.63, 3.8) is 0 Å². The van der Waals surface area contributed by atoms with Crippen molar-refractivity contribution in [3.05, 3.63) is 88.3 Å². The van der Waals surface area contributed by atoms with Crippen LogP contribution in [0.5, 0.6) is 0 Å². The highest BCUT2D eigenvalue weighted by Crippen LogP contribution is 2.29. The average molecular weight is 463 g/mol. The molecule has 0 unspecified atom stereocenters. The molecule has 0 amide bonds. The lowest BCUT2D eigenvalue weighted by Crippen LogP contribution is -2.14. The fraction of sp³-hybridized carbons (Fsp3) is 0.167. The number of aromatic nitrogens is 3. The van der Waals surface area contributed by atoms with Crippen LogP contribution >= 0.6 is 23.1 Å². The minimum absolute atomic E-state index is 0.103. The van der Waals surface area contributed by atoms with Crippen LogP contribution in [0, 0.1) is 24.1 Å². The molecule has 0 aliphatic heterocycles. The zero-order chi connectivity index (χ0) is 22.5. The third-order valence-corrected chi connectivity index (χ3v) is 6.86. The summed E-state index contributed by atoms with van der Waals surface area (Å²) in [6.07, 6.45) is 1.73. The lowest BCUT2D eigenvalue weighted by molar-refractivity contribution is -0.116. The number of thiazole rings is 1. The highest BCUT2D eigenvalue weighted by molar-refractivity contribution is 7.99. The van der Waals surface area contributed by atoms with Gasteiger partial charge in [0.15, 0.2) is 16.9 Å². The Bertz CT molecular complexity index is 1260. The molecule has 0 saturated heterocycles. The van der Waals surface area contributed by atoms with Crippen LogP contribution in [0.4, 0.5) is 4.39 Å². The van der Waals surface area contributed by atoms with Gasteiger partial charge in [0.05, 0.1) is 30.3 Å². The summed E-state index contributed by atoms with van der Waals surface area (Å²) in [7, 11) is 0. The summed E-state index contributed by atoms with van der Waals surface area (Å²) in [4.78, 5) is 21.6. The number of carbonyl (C=O) groups is 1. The van der Waals surface area contributed by atoms with E-state index in [9.17, 15) is 14.4 Å². The predicted octanol–water partition coefficient (Wildman–Crippen LogP) is 5.47. The third-order valence-electron chi connectivity index (χ3n) is 4.82. The van der Waals surface area contributed by atoms with Gasteiger partial charge in [-0.15, -0.1) is 11.3 Å². The SMILES string of the molecule is Cc1csc([C@H](C#N)C(=O)CSc2ncc(-c3ccc(F)cc3)n2Cc2ccccc2)n1. The number of nitrogens with zero attached hydrogens (tertiary/aromatic N) is 4. The molecule has 2 aromatic carbocycles. The molecule has 0 fully saturated rings. The Morgan fingerprint density at radius 2 is 1.97 bits per heavy atom. The Hall–Kier alpha value is -3.28. The number of hydrogen-bond donors (Lipinski definition) is 0. The largest absolute Gasteiger partial charge is 0.314 e. The van der Waals surface area contributed by atoms with E-state index in [1.165, 1.54) is 35.2 Å². The molecule has 2 heterocycles. The quantitative estimate of drug-likeness (QED) is 0.325. The van der Waals surface area contributed by atoms with E-state index in [0.717, 1.165) is 22.5 Å². The first-order valence-corrected chi connectivity index (χ1v) is 11.7. The maximum atomic E-state index is 13.4. The van der Waals surface area contributed by atoms with Gasteiger partial charge in [-0.05, 0) is 42.3 Å². The van der Waals surface area contributed by atoms with Gasteiger partial charge in [0.25, 0.3) is 0 Å². The van der Waals surface area contributed by atoms with Crippen LogP contribution in [0.3, 0.4) is 0 Å². The summed E-state index contributed by atoms with van der Waals surface area (Å²) in [5.74, 6) is -1.28. The van der Waals surface area contributed by atoms with Crippen LogP contribution in [-0.4, -0.2) is 26.1 Å². The van der Waals surface area contributed by atoms with Crippen molar-refractivity contribution < 1.29 is 9.18 Å². The van der Waals surface area contributed by atoms with Crippen molar-refractivity contribution in [2.45, 2.75) is 24.5 Å². The van der Waals surface area contributed by atoms with E-state index in [-0.39, 0.29) is 17.4 Å². The highest BCUT2D eigenvalue weighted by Gasteiger charge is 2.24. The third kappa shape index (κ3) is 4.96. The zero-order valence-electron chi connectivity index (χ0n) is 17.2. The van der Waals surface area contributed by atoms with Gasteiger partial charge in [0.2, 0.25) is 0 Å². The average Bonchev–Trinajstić information content (AvgIpc) is 3.40. The Kier molecular flexibility index (Phi) is 6.78. The van der Waals surface area contributed by atoms with E-state index < -0.39 is 5.92 Å². The molecule has 0 N–H and O–H groups in total. The number of halogens is 1. The molecular formula is C24H19FN4OS2. The maximum absolute atomic E-state index is 13.4. The second-order valence-electron chi connectivity index (χ2n) is 7.15. The molecule has 0 radical (unpaired) electrons. The molecule has 2 aromatic heterocycles. The van der Waals surface area contributed by atoms with Gasteiger partial charge < -0.3 is 4.57 Å². The van der Waals surface area contributed by atoms with Gasteiger partial charge in [-0.3, -0.25) is 4.79 Å². The molecule has 0 bridgehead atoms. The van der Waals surface area contributed by atoms with E-state index in [2.05, 4.69) is 16.0 Å². The van der Waals surface area contributed by atoms with E-state index >= 15 is 0 Å². The Balaban J connectivity index is 1.59. The molecular weight excluding hydrogens is 443 g/mol. The van der Waals surface area contributed by atoms with Gasteiger partial charge in [0, 0.05) is 11.1 Å². The topological polar surface area (TPSA) is 71.6 Å². The van der Waals surface area contributed by atoms with Crippen LogP contribution in [0.15, 0.2) is 71.3 Å². The number of nitriles is 1. The lowest BCUT2D eigenvalue weighted by atomic mass is 10.1.